The highest BCUT2D eigenvalue weighted by atomic mass is 16.5. The number of likely N-dealkylation sites (tertiary alicyclic amines) is 1. The number of nitrogens with zero attached hydrogens (tertiary/aromatic N) is 2. The largest absolute Gasteiger partial charge is 0.497 e. The lowest BCUT2D eigenvalue weighted by atomic mass is 9.94. The summed E-state index contributed by atoms with van der Waals surface area (Å²) in [6.07, 6.45) is 3.50. The molecule has 2 heterocycles. The van der Waals surface area contributed by atoms with Crippen molar-refractivity contribution >= 4 is 12.0 Å². The fraction of sp³-hybridized carbons (Fsp3) is 0.524. The molecule has 1 aromatic carbocycles. The Morgan fingerprint density at radius 1 is 1.18 bits per heavy atom. The van der Waals surface area contributed by atoms with Crippen molar-refractivity contribution in [2.24, 2.45) is 0 Å². The molecule has 2 amide bonds. The van der Waals surface area contributed by atoms with Gasteiger partial charge < -0.3 is 14.8 Å². The number of urea groups is 1. The van der Waals surface area contributed by atoms with Crippen LogP contribution in [0, 0.1) is 0 Å². The number of hydrogen-bond donors (Lipinski definition) is 1. The summed E-state index contributed by atoms with van der Waals surface area (Å²) in [6, 6.07) is 6.62. The lowest BCUT2D eigenvalue weighted by molar-refractivity contribution is -0.139. The van der Waals surface area contributed by atoms with Gasteiger partial charge in [0.25, 0.3) is 0 Å². The number of carbonyl (C=O) groups excluding carboxylic acids is 2. The van der Waals surface area contributed by atoms with Gasteiger partial charge in [0, 0.05) is 19.3 Å². The van der Waals surface area contributed by atoms with Crippen LogP contribution in [-0.4, -0.2) is 62.2 Å². The molecule has 7 nitrogen and oxygen atoms in total. The van der Waals surface area contributed by atoms with Gasteiger partial charge in [0.05, 0.1) is 25.3 Å². The maximum atomic E-state index is 12.9. The molecule has 7 heteroatoms. The summed E-state index contributed by atoms with van der Waals surface area (Å²) < 4.78 is 10.6. The van der Waals surface area contributed by atoms with Crippen molar-refractivity contribution in [3.05, 3.63) is 41.1 Å². The smallest absolute Gasteiger partial charge is 0.338 e. The Hall–Kier alpha value is -2.54. The van der Waals surface area contributed by atoms with E-state index in [1.165, 1.54) is 6.42 Å². The van der Waals surface area contributed by atoms with Crippen molar-refractivity contribution in [2.45, 2.75) is 32.2 Å². The van der Waals surface area contributed by atoms with E-state index in [9.17, 15) is 9.59 Å². The molecule has 0 unspecified atom stereocenters. The first-order valence-electron chi connectivity index (χ1n) is 9.85. The summed E-state index contributed by atoms with van der Waals surface area (Å²) in [6.45, 7) is 4.58. The third-order valence-corrected chi connectivity index (χ3v) is 5.34. The SMILES string of the molecule is CCOC(=O)C1=C(CN2CCCCC2)N(C)C(=O)N[C@@H]1c1ccc(OC)cc1. The molecule has 1 aromatic rings. The highest BCUT2D eigenvalue weighted by Gasteiger charge is 2.37. The number of piperidine rings is 1. The van der Waals surface area contributed by atoms with Crippen LogP contribution in [0.3, 0.4) is 0 Å². The first-order valence-corrected chi connectivity index (χ1v) is 9.85. The Balaban J connectivity index is 2.02. The standard InChI is InChI=1S/C21H29N3O4/c1-4-28-20(25)18-17(14-24-12-6-5-7-13-24)23(2)21(26)22-19(18)15-8-10-16(27-3)11-9-15/h8-11,19H,4-7,12-14H2,1-3H3,(H,22,26)/t19-/m1/s1. The predicted octanol–water partition coefficient (Wildman–Crippen LogP) is 2.69. The summed E-state index contributed by atoms with van der Waals surface area (Å²) in [7, 11) is 3.31. The van der Waals surface area contributed by atoms with E-state index in [2.05, 4.69) is 10.2 Å². The van der Waals surface area contributed by atoms with Crippen molar-refractivity contribution in [2.75, 3.05) is 40.4 Å². The van der Waals surface area contributed by atoms with E-state index in [-0.39, 0.29) is 18.6 Å². The molecule has 0 spiro atoms. The fourth-order valence-electron chi connectivity index (χ4n) is 3.77. The van der Waals surface area contributed by atoms with Gasteiger partial charge in [-0.05, 0) is 50.6 Å². The minimum absolute atomic E-state index is 0.221. The number of carbonyl (C=O) groups is 2. The van der Waals surface area contributed by atoms with Crippen LogP contribution < -0.4 is 10.1 Å². The van der Waals surface area contributed by atoms with Crippen molar-refractivity contribution in [1.82, 2.24) is 15.1 Å². The maximum absolute atomic E-state index is 12.9. The van der Waals surface area contributed by atoms with E-state index < -0.39 is 6.04 Å². The second kappa shape index (κ2) is 9.10. The molecule has 1 fully saturated rings. The highest BCUT2D eigenvalue weighted by molar-refractivity contribution is 5.95. The van der Waals surface area contributed by atoms with E-state index in [1.807, 2.05) is 24.3 Å². The number of amides is 2. The summed E-state index contributed by atoms with van der Waals surface area (Å²) in [5, 5.41) is 2.95. The molecule has 0 bridgehead atoms. The van der Waals surface area contributed by atoms with E-state index in [1.54, 1.807) is 26.0 Å². The van der Waals surface area contributed by atoms with Crippen molar-refractivity contribution in [3.8, 4) is 5.75 Å². The number of methoxy groups -OCH3 is 1. The van der Waals surface area contributed by atoms with E-state index >= 15 is 0 Å². The van der Waals surface area contributed by atoms with Gasteiger partial charge in [-0.15, -0.1) is 0 Å². The van der Waals surface area contributed by atoms with Crippen LogP contribution in [0.15, 0.2) is 35.5 Å². The van der Waals surface area contributed by atoms with Crippen LogP contribution in [0.4, 0.5) is 4.79 Å². The molecular formula is C21H29N3O4. The zero-order valence-corrected chi connectivity index (χ0v) is 16.9. The summed E-state index contributed by atoms with van der Waals surface area (Å²) in [4.78, 5) is 29.4. The summed E-state index contributed by atoms with van der Waals surface area (Å²) in [5.74, 6) is 0.334. The average Bonchev–Trinajstić information content (AvgIpc) is 2.72. The van der Waals surface area contributed by atoms with E-state index in [4.69, 9.17) is 9.47 Å². The first-order chi connectivity index (χ1) is 13.5. The van der Waals surface area contributed by atoms with Crippen LogP contribution in [0.1, 0.15) is 37.8 Å². The van der Waals surface area contributed by atoms with E-state index in [0.717, 1.165) is 37.2 Å². The van der Waals surface area contributed by atoms with Gasteiger partial charge in [-0.25, -0.2) is 9.59 Å². The summed E-state index contributed by atoms with van der Waals surface area (Å²) >= 11 is 0. The van der Waals surface area contributed by atoms with Gasteiger partial charge >= 0.3 is 12.0 Å². The van der Waals surface area contributed by atoms with Crippen LogP contribution >= 0.6 is 0 Å². The van der Waals surface area contributed by atoms with Crippen LogP contribution in [0.5, 0.6) is 5.75 Å². The third kappa shape index (κ3) is 4.30. The number of ether oxygens (including phenoxy) is 2. The number of hydrogen-bond acceptors (Lipinski definition) is 5. The predicted molar refractivity (Wildman–Crippen MR) is 106 cm³/mol. The lowest BCUT2D eigenvalue weighted by Gasteiger charge is -2.37. The fourth-order valence-corrected chi connectivity index (χ4v) is 3.77. The number of nitrogens with one attached hydrogen (secondary N) is 1. The zero-order chi connectivity index (χ0) is 20.1. The number of esters is 1. The highest BCUT2D eigenvalue weighted by Crippen LogP contribution is 2.32. The molecular weight excluding hydrogens is 358 g/mol. The minimum atomic E-state index is -0.548. The maximum Gasteiger partial charge on any atom is 0.338 e. The number of benzene rings is 1. The van der Waals surface area contributed by atoms with Gasteiger partial charge in [-0.2, -0.15) is 0 Å². The Labute approximate surface area is 166 Å². The van der Waals surface area contributed by atoms with Gasteiger partial charge in [-0.3, -0.25) is 9.80 Å². The third-order valence-electron chi connectivity index (χ3n) is 5.34. The van der Waals surface area contributed by atoms with Gasteiger partial charge in [-0.1, -0.05) is 18.6 Å². The Kier molecular flexibility index (Phi) is 6.57. The van der Waals surface area contributed by atoms with E-state index in [0.29, 0.717) is 17.8 Å². The van der Waals surface area contributed by atoms with Crippen LogP contribution in [0.2, 0.25) is 0 Å². The summed E-state index contributed by atoms with van der Waals surface area (Å²) in [5.41, 5.74) is 2.03. The zero-order valence-electron chi connectivity index (χ0n) is 16.9. The molecule has 0 aliphatic carbocycles. The molecule has 2 aliphatic rings. The van der Waals surface area contributed by atoms with Crippen LogP contribution in [-0.2, 0) is 9.53 Å². The first kappa shape index (κ1) is 20.2. The van der Waals surface area contributed by atoms with Crippen molar-refractivity contribution in [3.63, 3.8) is 0 Å². The molecule has 28 heavy (non-hydrogen) atoms. The monoisotopic (exact) mass is 387 g/mol. The minimum Gasteiger partial charge on any atom is -0.497 e. The Bertz CT molecular complexity index is 739. The lowest BCUT2D eigenvalue weighted by Crippen LogP contribution is -2.49. The average molecular weight is 387 g/mol. The second-order valence-electron chi connectivity index (χ2n) is 7.13. The van der Waals surface area contributed by atoms with Gasteiger partial charge in [0.1, 0.15) is 5.75 Å². The van der Waals surface area contributed by atoms with Gasteiger partial charge in [0.2, 0.25) is 0 Å². The molecule has 152 valence electrons. The van der Waals surface area contributed by atoms with Crippen LogP contribution in [0.25, 0.3) is 0 Å². The van der Waals surface area contributed by atoms with Gasteiger partial charge in [0.15, 0.2) is 0 Å². The number of rotatable bonds is 6. The molecule has 1 N–H and O–H groups in total. The molecule has 0 aromatic heterocycles. The quantitative estimate of drug-likeness (QED) is 0.760. The van der Waals surface area contributed by atoms with Crippen molar-refractivity contribution < 1.29 is 19.1 Å². The molecule has 1 saturated heterocycles. The second-order valence-corrected chi connectivity index (χ2v) is 7.13. The Morgan fingerprint density at radius 2 is 1.86 bits per heavy atom. The molecule has 3 rings (SSSR count). The number of likely N-dealkylation sites (N-methyl/N-ethyl adjacent to an activating group) is 1. The molecule has 0 radical (unpaired) electrons. The topological polar surface area (TPSA) is 71.1 Å². The molecule has 0 saturated carbocycles. The molecule has 2 aliphatic heterocycles. The molecule has 1 atom stereocenters. The Morgan fingerprint density at radius 3 is 2.46 bits per heavy atom. The normalized spacial score (nSPS) is 20.8. The van der Waals surface area contributed by atoms with Crippen molar-refractivity contribution in [1.29, 1.82) is 0 Å².